The van der Waals surface area contributed by atoms with Gasteiger partial charge in [0.05, 0.1) is 17.6 Å². The van der Waals surface area contributed by atoms with E-state index in [1.54, 1.807) is 12.4 Å². The van der Waals surface area contributed by atoms with Crippen molar-refractivity contribution in [1.29, 1.82) is 0 Å². The fourth-order valence-corrected chi connectivity index (χ4v) is 1.36. The summed E-state index contributed by atoms with van der Waals surface area (Å²) in [5.41, 5.74) is 7.60. The molecule has 12 heavy (non-hydrogen) atoms. The third kappa shape index (κ3) is 1.13. The van der Waals surface area contributed by atoms with E-state index in [9.17, 15) is 0 Å². The van der Waals surface area contributed by atoms with Crippen LogP contribution in [0.25, 0.3) is 0 Å². The zero-order chi connectivity index (χ0) is 8.39. The number of pyridine rings is 1. The SMILES string of the molecule is Nc1cnccc1N1CC=CC1. The zero-order valence-corrected chi connectivity index (χ0v) is 6.77. The molecule has 0 atom stereocenters. The largest absolute Gasteiger partial charge is 0.396 e. The second-order valence-electron chi connectivity index (χ2n) is 2.81. The molecule has 0 bridgehead atoms. The molecule has 0 fully saturated rings. The lowest BCUT2D eigenvalue weighted by Crippen LogP contribution is -2.19. The van der Waals surface area contributed by atoms with Gasteiger partial charge in [-0.2, -0.15) is 0 Å². The maximum absolute atomic E-state index is 5.77. The molecule has 0 aromatic carbocycles. The Balaban J connectivity index is 2.27. The zero-order valence-electron chi connectivity index (χ0n) is 6.77. The molecule has 62 valence electrons. The molecule has 1 aliphatic heterocycles. The summed E-state index contributed by atoms with van der Waals surface area (Å²) in [7, 11) is 0. The smallest absolute Gasteiger partial charge is 0.0738 e. The lowest BCUT2D eigenvalue weighted by Gasteiger charge is -2.18. The third-order valence-electron chi connectivity index (χ3n) is 1.99. The first kappa shape index (κ1) is 7.16. The first-order valence-corrected chi connectivity index (χ1v) is 3.97. The van der Waals surface area contributed by atoms with E-state index < -0.39 is 0 Å². The molecule has 0 amide bonds. The van der Waals surface area contributed by atoms with Crippen molar-refractivity contribution in [2.75, 3.05) is 23.7 Å². The van der Waals surface area contributed by atoms with Crippen LogP contribution in [0.5, 0.6) is 0 Å². The van der Waals surface area contributed by atoms with Gasteiger partial charge in [-0.15, -0.1) is 0 Å². The Hall–Kier alpha value is -1.51. The number of anilines is 2. The van der Waals surface area contributed by atoms with E-state index in [0.717, 1.165) is 24.5 Å². The molecular formula is C9H11N3. The molecule has 3 heteroatoms. The number of nitrogens with two attached hydrogens (primary N) is 1. The van der Waals surface area contributed by atoms with Crippen molar-refractivity contribution in [2.24, 2.45) is 0 Å². The Morgan fingerprint density at radius 3 is 2.75 bits per heavy atom. The van der Waals surface area contributed by atoms with E-state index in [1.807, 2.05) is 6.07 Å². The number of aromatic nitrogens is 1. The predicted octanol–water partition coefficient (Wildman–Crippen LogP) is 1.04. The lowest BCUT2D eigenvalue weighted by molar-refractivity contribution is 1.00. The summed E-state index contributed by atoms with van der Waals surface area (Å²) in [6.07, 6.45) is 7.73. The number of nitrogens with zero attached hydrogens (tertiary/aromatic N) is 2. The van der Waals surface area contributed by atoms with Gasteiger partial charge in [0.25, 0.3) is 0 Å². The standard InChI is InChI=1S/C9H11N3/c10-8-7-11-4-3-9(8)12-5-1-2-6-12/h1-4,7H,5-6,10H2. The Morgan fingerprint density at radius 1 is 1.33 bits per heavy atom. The molecule has 1 aliphatic rings. The monoisotopic (exact) mass is 161 g/mol. The normalized spacial score (nSPS) is 15.5. The van der Waals surface area contributed by atoms with Crippen molar-refractivity contribution in [1.82, 2.24) is 4.98 Å². The Bertz CT molecular complexity index is 298. The average Bonchev–Trinajstić information content (AvgIpc) is 2.57. The minimum Gasteiger partial charge on any atom is -0.396 e. The van der Waals surface area contributed by atoms with E-state index in [1.165, 1.54) is 0 Å². The fraction of sp³-hybridized carbons (Fsp3) is 0.222. The van der Waals surface area contributed by atoms with Gasteiger partial charge in [-0.3, -0.25) is 4.98 Å². The number of hydrogen-bond donors (Lipinski definition) is 1. The van der Waals surface area contributed by atoms with Crippen molar-refractivity contribution in [3.05, 3.63) is 30.6 Å². The molecule has 3 nitrogen and oxygen atoms in total. The summed E-state index contributed by atoms with van der Waals surface area (Å²) in [4.78, 5) is 6.15. The maximum Gasteiger partial charge on any atom is 0.0738 e. The van der Waals surface area contributed by atoms with Gasteiger partial charge in [0, 0.05) is 19.3 Å². The van der Waals surface area contributed by atoms with Gasteiger partial charge in [-0.1, -0.05) is 12.2 Å². The minimum atomic E-state index is 0.751. The third-order valence-corrected chi connectivity index (χ3v) is 1.99. The fourth-order valence-electron chi connectivity index (χ4n) is 1.36. The van der Waals surface area contributed by atoms with Crippen LogP contribution in [-0.2, 0) is 0 Å². The molecule has 0 saturated carbocycles. The first-order valence-electron chi connectivity index (χ1n) is 3.97. The van der Waals surface area contributed by atoms with Gasteiger partial charge in [0.1, 0.15) is 0 Å². The second kappa shape index (κ2) is 2.85. The lowest BCUT2D eigenvalue weighted by atomic mass is 10.3. The summed E-state index contributed by atoms with van der Waals surface area (Å²) in [6.45, 7) is 1.91. The molecule has 2 heterocycles. The quantitative estimate of drug-likeness (QED) is 0.626. The van der Waals surface area contributed by atoms with Crippen LogP contribution >= 0.6 is 0 Å². The summed E-state index contributed by atoms with van der Waals surface area (Å²) >= 11 is 0. The Kier molecular flexibility index (Phi) is 1.70. The van der Waals surface area contributed by atoms with Crippen LogP contribution in [0.1, 0.15) is 0 Å². The van der Waals surface area contributed by atoms with Crippen molar-refractivity contribution in [2.45, 2.75) is 0 Å². The van der Waals surface area contributed by atoms with Gasteiger partial charge in [0.2, 0.25) is 0 Å². The van der Waals surface area contributed by atoms with Crippen LogP contribution in [-0.4, -0.2) is 18.1 Å². The topological polar surface area (TPSA) is 42.1 Å². The summed E-state index contributed by atoms with van der Waals surface area (Å²) in [5, 5.41) is 0. The average molecular weight is 161 g/mol. The highest BCUT2D eigenvalue weighted by molar-refractivity contribution is 5.67. The molecule has 0 unspecified atom stereocenters. The van der Waals surface area contributed by atoms with Crippen LogP contribution in [0.4, 0.5) is 11.4 Å². The number of nitrogen functional groups attached to an aromatic ring is 1. The van der Waals surface area contributed by atoms with Crippen LogP contribution in [0.2, 0.25) is 0 Å². The molecule has 1 aromatic rings. The van der Waals surface area contributed by atoms with E-state index in [0.29, 0.717) is 0 Å². The maximum atomic E-state index is 5.77. The van der Waals surface area contributed by atoms with E-state index in [2.05, 4.69) is 22.0 Å². The molecule has 2 rings (SSSR count). The summed E-state index contributed by atoms with van der Waals surface area (Å²) in [6, 6.07) is 1.95. The van der Waals surface area contributed by atoms with E-state index >= 15 is 0 Å². The van der Waals surface area contributed by atoms with Crippen LogP contribution in [0.3, 0.4) is 0 Å². The second-order valence-corrected chi connectivity index (χ2v) is 2.81. The Morgan fingerprint density at radius 2 is 2.08 bits per heavy atom. The minimum absolute atomic E-state index is 0.751. The highest BCUT2D eigenvalue weighted by Crippen LogP contribution is 2.22. The van der Waals surface area contributed by atoms with Crippen molar-refractivity contribution >= 4 is 11.4 Å². The predicted molar refractivity (Wildman–Crippen MR) is 50.0 cm³/mol. The molecule has 0 saturated heterocycles. The first-order chi connectivity index (χ1) is 5.88. The van der Waals surface area contributed by atoms with Gasteiger partial charge in [-0.05, 0) is 6.07 Å². The van der Waals surface area contributed by atoms with E-state index in [4.69, 9.17) is 5.73 Å². The highest BCUT2D eigenvalue weighted by Gasteiger charge is 2.09. The number of rotatable bonds is 1. The van der Waals surface area contributed by atoms with Crippen molar-refractivity contribution in [3.8, 4) is 0 Å². The Labute approximate surface area is 71.5 Å². The van der Waals surface area contributed by atoms with Crippen molar-refractivity contribution < 1.29 is 0 Å². The highest BCUT2D eigenvalue weighted by atomic mass is 15.1. The van der Waals surface area contributed by atoms with Crippen LogP contribution in [0, 0.1) is 0 Å². The van der Waals surface area contributed by atoms with Crippen LogP contribution < -0.4 is 10.6 Å². The molecule has 0 aliphatic carbocycles. The van der Waals surface area contributed by atoms with Gasteiger partial charge in [-0.25, -0.2) is 0 Å². The molecule has 1 aromatic heterocycles. The molecule has 0 radical (unpaired) electrons. The summed E-state index contributed by atoms with van der Waals surface area (Å²) in [5.74, 6) is 0. The van der Waals surface area contributed by atoms with E-state index in [-0.39, 0.29) is 0 Å². The molecule has 0 spiro atoms. The molecule has 2 N–H and O–H groups in total. The molecular weight excluding hydrogens is 150 g/mol. The number of hydrogen-bond acceptors (Lipinski definition) is 3. The van der Waals surface area contributed by atoms with Crippen molar-refractivity contribution in [3.63, 3.8) is 0 Å². The van der Waals surface area contributed by atoms with Gasteiger partial charge >= 0.3 is 0 Å². The van der Waals surface area contributed by atoms with Gasteiger partial charge < -0.3 is 10.6 Å². The van der Waals surface area contributed by atoms with Crippen LogP contribution in [0.15, 0.2) is 30.6 Å². The summed E-state index contributed by atoms with van der Waals surface area (Å²) < 4.78 is 0. The van der Waals surface area contributed by atoms with Gasteiger partial charge in [0.15, 0.2) is 0 Å².